The van der Waals surface area contributed by atoms with E-state index in [4.69, 9.17) is 10.5 Å². The van der Waals surface area contributed by atoms with Crippen LogP contribution in [0.25, 0.3) is 0 Å². The number of nitrogens with one attached hydrogen (secondary N) is 1. The first-order valence-electron chi connectivity index (χ1n) is 8.75. The first-order valence-corrected chi connectivity index (χ1v) is 8.75. The van der Waals surface area contributed by atoms with Crippen molar-refractivity contribution in [2.75, 3.05) is 51.3 Å². The van der Waals surface area contributed by atoms with Gasteiger partial charge in [-0.2, -0.15) is 0 Å². The van der Waals surface area contributed by atoms with Crippen molar-refractivity contribution in [3.63, 3.8) is 0 Å². The number of likely N-dealkylation sites (N-methyl/N-ethyl adjacent to an activating group) is 1. The third-order valence-electron chi connectivity index (χ3n) is 4.62. The van der Waals surface area contributed by atoms with Crippen molar-refractivity contribution in [3.8, 4) is 0 Å². The van der Waals surface area contributed by atoms with Crippen LogP contribution >= 0.6 is 0 Å². The van der Waals surface area contributed by atoms with Gasteiger partial charge in [-0.25, -0.2) is 9.98 Å². The quantitative estimate of drug-likeness (QED) is 0.601. The number of piperazine rings is 1. The maximum atomic E-state index is 5.99. The Morgan fingerprint density at radius 3 is 3.00 bits per heavy atom. The number of aromatic nitrogens is 1. The van der Waals surface area contributed by atoms with E-state index in [1.165, 1.54) is 0 Å². The number of nitrogens with zero attached hydrogens (tertiary/aromatic N) is 4. The summed E-state index contributed by atoms with van der Waals surface area (Å²) in [5.74, 6) is 1.50. The molecule has 0 aliphatic carbocycles. The van der Waals surface area contributed by atoms with Crippen molar-refractivity contribution in [1.82, 2.24) is 15.2 Å². The molecule has 2 fully saturated rings. The fraction of sp³-hybridized carbons (Fsp3) is 0.647. The molecule has 2 aliphatic heterocycles. The molecule has 1 aromatic rings. The maximum Gasteiger partial charge on any atom is 0.189 e. The number of anilines is 1. The minimum atomic E-state index is 0.262. The van der Waals surface area contributed by atoms with Gasteiger partial charge in [0.05, 0.1) is 12.6 Å². The van der Waals surface area contributed by atoms with Crippen LogP contribution in [0.1, 0.15) is 18.4 Å². The van der Waals surface area contributed by atoms with Gasteiger partial charge in [0.1, 0.15) is 5.82 Å². The third-order valence-corrected chi connectivity index (χ3v) is 4.62. The Morgan fingerprint density at radius 1 is 1.42 bits per heavy atom. The second-order valence-electron chi connectivity index (χ2n) is 6.49. The highest BCUT2D eigenvalue weighted by molar-refractivity contribution is 5.77. The number of guanidine groups is 1. The smallest absolute Gasteiger partial charge is 0.189 e. The van der Waals surface area contributed by atoms with Gasteiger partial charge in [0, 0.05) is 51.1 Å². The Morgan fingerprint density at radius 2 is 2.25 bits per heavy atom. The third kappa shape index (κ3) is 4.58. The summed E-state index contributed by atoms with van der Waals surface area (Å²) < 4.78 is 5.58. The number of hydrogen-bond donors (Lipinski definition) is 2. The molecule has 7 heteroatoms. The highest BCUT2D eigenvalue weighted by Gasteiger charge is 2.18. The molecule has 7 nitrogen and oxygen atoms in total. The molecule has 0 radical (unpaired) electrons. The van der Waals surface area contributed by atoms with E-state index in [2.05, 4.69) is 38.2 Å². The molecule has 0 spiro atoms. The Labute approximate surface area is 143 Å². The lowest BCUT2D eigenvalue weighted by Crippen LogP contribution is -2.45. The van der Waals surface area contributed by atoms with E-state index >= 15 is 0 Å². The van der Waals surface area contributed by atoms with Crippen LogP contribution < -0.4 is 16.0 Å². The van der Waals surface area contributed by atoms with Gasteiger partial charge in [-0.05, 0) is 26.0 Å². The fourth-order valence-corrected chi connectivity index (χ4v) is 3.11. The number of ether oxygens (including phenoxy) is 1. The summed E-state index contributed by atoms with van der Waals surface area (Å²) in [5.41, 5.74) is 7.10. The summed E-state index contributed by atoms with van der Waals surface area (Å²) >= 11 is 0. The highest BCUT2D eigenvalue weighted by atomic mass is 16.5. The molecule has 2 saturated heterocycles. The number of pyridine rings is 1. The van der Waals surface area contributed by atoms with Crippen LogP contribution in [-0.4, -0.2) is 68.3 Å². The SMILES string of the molecule is CN1CCN(c2ncccc2CN=C(N)NCC2CCCO2)CC1. The lowest BCUT2D eigenvalue weighted by Gasteiger charge is -2.34. The van der Waals surface area contributed by atoms with Gasteiger partial charge in [0.2, 0.25) is 0 Å². The normalized spacial score (nSPS) is 22.8. The lowest BCUT2D eigenvalue weighted by atomic mass is 10.2. The van der Waals surface area contributed by atoms with Gasteiger partial charge in [0.25, 0.3) is 0 Å². The first kappa shape index (κ1) is 17.0. The molecule has 1 aromatic heterocycles. The van der Waals surface area contributed by atoms with Gasteiger partial charge >= 0.3 is 0 Å². The zero-order chi connectivity index (χ0) is 16.8. The van der Waals surface area contributed by atoms with E-state index in [1.54, 1.807) is 0 Å². The molecule has 2 aliphatic rings. The molecule has 3 heterocycles. The average Bonchev–Trinajstić information content (AvgIpc) is 3.13. The van der Waals surface area contributed by atoms with Crippen molar-refractivity contribution < 1.29 is 4.74 Å². The summed E-state index contributed by atoms with van der Waals surface area (Å²) in [6.45, 7) is 6.24. The van der Waals surface area contributed by atoms with Gasteiger partial charge in [-0.15, -0.1) is 0 Å². The first-order chi connectivity index (χ1) is 11.7. The van der Waals surface area contributed by atoms with E-state index in [1.807, 2.05) is 12.3 Å². The highest BCUT2D eigenvalue weighted by Crippen LogP contribution is 2.19. The van der Waals surface area contributed by atoms with Gasteiger partial charge in [0.15, 0.2) is 5.96 Å². The number of hydrogen-bond acceptors (Lipinski definition) is 5. The van der Waals surface area contributed by atoms with Crippen LogP contribution in [0.5, 0.6) is 0 Å². The summed E-state index contributed by atoms with van der Waals surface area (Å²) in [6.07, 6.45) is 4.34. The van der Waals surface area contributed by atoms with Crippen LogP contribution in [0.15, 0.2) is 23.3 Å². The van der Waals surface area contributed by atoms with Crippen LogP contribution in [0.3, 0.4) is 0 Å². The van der Waals surface area contributed by atoms with Gasteiger partial charge < -0.3 is 25.6 Å². The zero-order valence-electron chi connectivity index (χ0n) is 14.4. The Bertz CT molecular complexity index is 550. The van der Waals surface area contributed by atoms with Crippen molar-refractivity contribution in [1.29, 1.82) is 0 Å². The zero-order valence-corrected chi connectivity index (χ0v) is 14.4. The molecule has 1 unspecified atom stereocenters. The Balaban J connectivity index is 1.57. The predicted molar refractivity (Wildman–Crippen MR) is 96.3 cm³/mol. The standard InChI is InChI=1S/C17H28N6O/c1-22-7-9-23(10-8-22)16-14(4-2-6-19-16)12-20-17(18)21-13-15-5-3-11-24-15/h2,4,6,15H,3,5,7-13H2,1H3,(H3,18,20,21). The lowest BCUT2D eigenvalue weighted by molar-refractivity contribution is 0.114. The van der Waals surface area contributed by atoms with Crippen LogP contribution in [0, 0.1) is 0 Å². The Kier molecular flexibility index (Phi) is 5.87. The molecule has 3 rings (SSSR count). The number of rotatable bonds is 5. The maximum absolute atomic E-state index is 5.99. The van der Waals surface area contributed by atoms with Crippen LogP contribution in [0.4, 0.5) is 5.82 Å². The predicted octanol–water partition coefficient (Wildman–Crippen LogP) is 0.417. The molecule has 3 N–H and O–H groups in total. The largest absolute Gasteiger partial charge is 0.376 e. The van der Waals surface area contributed by atoms with Crippen molar-refractivity contribution in [2.45, 2.75) is 25.5 Å². The van der Waals surface area contributed by atoms with Crippen molar-refractivity contribution in [3.05, 3.63) is 23.9 Å². The van der Waals surface area contributed by atoms with Crippen LogP contribution in [-0.2, 0) is 11.3 Å². The van der Waals surface area contributed by atoms with E-state index in [9.17, 15) is 0 Å². The van der Waals surface area contributed by atoms with Crippen molar-refractivity contribution in [2.24, 2.45) is 10.7 Å². The van der Waals surface area contributed by atoms with E-state index in [-0.39, 0.29) is 6.10 Å². The Hall–Kier alpha value is -1.86. The average molecular weight is 332 g/mol. The van der Waals surface area contributed by atoms with E-state index < -0.39 is 0 Å². The molecule has 1 atom stereocenters. The molecule has 0 saturated carbocycles. The van der Waals surface area contributed by atoms with Crippen LogP contribution in [0.2, 0.25) is 0 Å². The molecule has 0 aromatic carbocycles. The molecular formula is C17H28N6O. The number of nitrogens with two attached hydrogens (primary N) is 1. The minimum absolute atomic E-state index is 0.262. The van der Waals surface area contributed by atoms with Crippen molar-refractivity contribution >= 4 is 11.8 Å². The van der Waals surface area contributed by atoms with Gasteiger partial charge in [-0.1, -0.05) is 6.07 Å². The van der Waals surface area contributed by atoms with E-state index in [0.29, 0.717) is 12.5 Å². The molecular weight excluding hydrogens is 304 g/mol. The summed E-state index contributed by atoms with van der Waals surface area (Å²) in [6, 6.07) is 4.04. The second-order valence-corrected chi connectivity index (χ2v) is 6.49. The molecule has 24 heavy (non-hydrogen) atoms. The van der Waals surface area contributed by atoms with E-state index in [0.717, 1.165) is 63.6 Å². The topological polar surface area (TPSA) is 79.0 Å². The number of aliphatic imine (C=N–C) groups is 1. The molecule has 0 bridgehead atoms. The summed E-state index contributed by atoms with van der Waals surface area (Å²) in [5, 5.41) is 3.16. The summed E-state index contributed by atoms with van der Waals surface area (Å²) in [4.78, 5) is 13.7. The minimum Gasteiger partial charge on any atom is -0.376 e. The molecule has 132 valence electrons. The monoisotopic (exact) mass is 332 g/mol. The summed E-state index contributed by atoms with van der Waals surface area (Å²) in [7, 11) is 2.15. The molecule has 0 amide bonds. The van der Waals surface area contributed by atoms with Gasteiger partial charge in [-0.3, -0.25) is 0 Å². The fourth-order valence-electron chi connectivity index (χ4n) is 3.11. The second kappa shape index (κ2) is 8.30.